The Labute approximate surface area is 94.1 Å². The van der Waals surface area contributed by atoms with Crippen LogP contribution in [0.25, 0.3) is 0 Å². The lowest BCUT2D eigenvalue weighted by Gasteiger charge is -2.03. The molecular formula is C6H2Br3ClO. The fourth-order valence-electron chi connectivity index (χ4n) is 0.557. The Balaban J connectivity index is 3.46. The van der Waals surface area contributed by atoms with E-state index in [0.29, 0.717) is 9.50 Å². The molecule has 0 aliphatic heterocycles. The molecule has 11 heavy (non-hydrogen) atoms. The first-order chi connectivity index (χ1) is 5.04. The highest BCUT2D eigenvalue weighted by molar-refractivity contribution is 9.14. The van der Waals surface area contributed by atoms with Crippen LogP contribution in [0.15, 0.2) is 19.5 Å². The molecular weight excluding hydrogens is 363 g/mol. The number of aromatic hydroxyl groups is 1. The van der Waals surface area contributed by atoms with Crippen LogP contribution in [0.2, 0.25) is 5.02 Å². The summed E-state index contributed by atoms with van der Waals surface area (Å²) >= 11 is 15.3. The van der Waals surface area contributed by atoms with E-state index in [4.69, 9.17) is 11.6 Å². The van der Waals surface area contributed by atoms with E-state index in [-0.39, 0.29) is 5.75 Å². The predicted molar refractivity (Wildman–Crippen MR) is 56.2 cm³/mol. The third-order valence-electron chi connectivity index (χ3n) is 1.09. The molecule has 1 aromatic rings. The highest BCUT2D eigenvalue weighted by atomic mass is 79.9. The maximum atomic E-state index is 9.28. The molecule has 1 N–H and O–H groups in total. The molecule has 0 aliphatic carbocycles. The number of hydrogen-bond donors (Lipinski definition) is 1. The van der Waals surface area contributed by atoms with Gasteiger partial charge in [0.1, 0.15) is 5.75 Å². The van der Waals surface area contributed by atoms with E-state index in [1.807, 2.05) is 0 Å². The Morgan fingerprint density at radius 2 is 1.73 bits per heavy atom. The lowest BCUT2D eigenvalue weighted by molar-refractivity contribution is 0.471. The Hall–Kier alpha value is 0.750. The number of benzene rings is 1. The summed E-state index contributed by atoms with van der Waals surface area (Å²) in [5.41, 5.74) is 0. The van der Waals surface area contributed by atoms with Gasteiger partial charge in [-0.1, -0.05) is 11.6 Å². The quantitative estimate of drug-likeness (QED) is 0.536. The van der Waals surface area contributed by atoms with E-state index in [2.05, 4.69) is 47.8 Å². The average molecular weight is 365 g/mol. The van der Waals surface area contributed by atoms with Crippen LogP contribution in [0, 0.1) is 0 Å². The molecule has 1 rings (SSSR count). The molecule has 0 amide bonds. The normalized spacial score (nSPS) is 10.2. The summed E-state index contributed by atoms with van der Waals surface area (Å²) in [6, 6.07) is 1.62. The van der Waals surface area contributed by atoms with E-state index >= 15 is 0 Å². The largest absolute Gasteiger partial charge is 0.505 e. The fraction of sp³-hybridized carbons (Fsp3) is 0. The molecule has 0 unspecified atom stereocenters. The Kier molecular flexibility index (Phi) is 3.26. The van der Waals surface area contributed by atoms with Crippen molar-refractivity contribution in [3.8, 4) is 5.75 Å². The summed E-state index contributed by atoms with van der Waals surface area (Å²) in [6.45, 7) is 0. The molecule has 0 spiro atoms. The van der Waals surface area contributed by atoms with Gasteiger partial charge < -0.3 is 5.11 Å². The maximum absolute atomic E-state index is 9.28. The summed E-state index contributed by atoms with van der Waals surface area (Å²) in [5.74, 6) is 0.0433. The van der Waals surface area contributed by atoms with Crippen LogP contribution in [0.3, 0.4) is 0 Å². The van der Waals surface area contributed by atoms with Crippen molar-refractivity contribution in [3.05, 3.63) is 24.5 Å². The SMILES string of the molecule is Oc1c(Cl)cc(Br)c(Br)c1Br. The van der Waals surface area contributed by atoms with Gasteiger partial charge in [0.05, 0.1) is 9.50 Å². The molecule has 1 aromatic carbocycles. The van der Waals surface area contributed by atoms with Crippen molar-refractivity contribution in [2.45, 2.75) is 0 Å². The van der Waals surface area contributed by atoms with Gasteiger partial charge in [0.15, 0.2) is 0 Å². The molecule has 0 bridgehead atoms. The minimum atomic E-state index is 0.0433. The van der Waals surface area contributed by atoms with E-state index in [9.17, 15) is 5.11 Å². The molecule has 0 radical (unpaired) electrons. The summed E-state index contributed by atoms with van der Waals surface area (Å²) in [4.78, 5) is 0. The molecule has 5 heteroatoms. The fourth-order valence-corrected chi connectivity index (χ4v) is 2.43. The molecule has 0 saturated heterocycles. The minimum Gasteiger partial charge on any atom is -0.505 e. The third kappa shape index (κ3) is 1.91. The number of hydrogen-bond acceptors (Lipinski definition) is 1. The first-order valence-electron chi connectivity index (χ1n) is 2.56. The van der Waals surface area contributed by atoms with Crippen LogP contribution in [-0.2, 0) is 0 Å². The monoisotopic (exact) mass is 362 g/mol. The summed E-state index contributed by atoms with van der Waals surface area (Å²) in [5, 5.41) is 9.59. The topological polar surface area (TPSA) is 20.2 Å². The maximum Gasteiger partial charge on any atom is 0.149 e. The molecule has 1 nitrogen and oxygen atoms in total. The molecule has 0 saturated carbocycles. The van der Waals surface area contributed by atoms with Crippen LogP contribution in [0.5, 0.6) is 5.75 Å². The number of rotatable bonds is 0. The van der Waals surface area contributed by atoms with Crippen molar-refractivity contribution in [3.63, 3.8) is 0 Å². The Morgan fingerprint density at radius 1 is 1.18 bits per heavy atom. The van der Waals surface area contributed by atoms with Crippen molar-refractivity contribution < 1.29 is 5.11 Å². The number of phenolic OH excluding ortho intramolecular Hbond substituents is 1. The van der Waals surface area contributed by atoms with Gasteiger partial charge in [0, 0.05) is 8.95 Å². The second-order valence-electron chi connectivity index (χ2n) is 1.82. The summed E-state index contributed by atoms with van der Waals surface area (Å²) in [7, 11) is 0. The molecule has 0 heterocycles. The molecule has 0 aromatic heterocycles. The number of halogens is 4. The zero-order chi connectivity index (χ0) is 8.59. The smallest absolute Gasteiger partial charge is 0.149 e. The van der Waals surface area contributed by atoms with Gasteiger partial charge in [0.2, 0.25) is 0 Å². The van der Waals surface area contributed by atoms with E-state index < -0.39 is 0 Å². The predicted octanol–water partition coefficient (Wildman–Crippen LogP) is 4.33. The molecule has 0 aliphatic rings. The summed E-state index contributed by atoms with van der Waals surface area (Å²) < 4.78 is 2.10. The van der Waals surface area contributed by atoms with Gasteiger partial charge in [-0.3, -0.25) is 0 Å². The minimum absolute atomic E-state index is 0.0433. The summed E-state index contributed by atoms with van der Waals surface area (Å²) in [6.07, 6.45) is 0. The van der Waals surface area contributed by atoms with Gasteiger partial charge >= 0.3 is 0 Å². The van der Waals surface area contributed by atoms with Gasteiger partial charge in [-0.05, 0) is 53.9 Å². The number of phenols is 1. The standard InChI is InChI=1S/C6H2Br3ClO/c7-2-1-3(10)6(11)5(9)4(2)8/h1,11H. The van der Waals surface area contributed by atoms with Crippen LogP contribution in [-0.4, -0.2) is 5.11 Å². The third-order valence-corrected chi connectivity index (χ3v) is 4.66. The molecule has 60 valence electrons. The van der Waals surface area contributed by atoms with Crippen molar-refractivity contribution in [2.24, 2.45) is 0 Å². The average Bonchev–Trinajstić information content (AvgIpc) is 1.97. The van der Waals surface area contributed by atoms with E-state index in [1.54, 1.807) is 6.07 Å². The second kappa shape index (κ2) is 3.64. The van der Waals surface area contributed by atoms with Crippen molar-refractivity contribution >= 4 is 59.4 Å². The lowest BCUT2D eigenvalue weighted by atomic mass is 10.3. The van der Waals surface area contributed by atoms with E-state index in [0.717, 1.165) is 8.95 Å². The zero-order valence-electron chi connectivity index (χ0n) is 5.04. The molecule has 0 atom stereocenters. The highest BCUT2D eigenvalue weighted by Crippen LogP contribution is 2.41. The Morgan fingerprint density at radius 3 is 2.27 bits per heavy atom. The lowest BCUT2D eigenvalue weighted by Crippen LogP contribution is -1.76. The Bertz CT molecular complexity index is 274. The van der Waals surface area contributed by atoms with Gasteiger partial charge in [-0.2, -0.15) is 0 Å². The van der Waals surface area contributed by atoms with Crippen molar-refractivity contribution in [1.29, 1.82) is 0 Å². The zero-order valence-corrected chi connectivity index (χ0v) is 10.6. The van der Waals surface area contributed by atoms with E-state index in [1.165, 1.54) is 0 Å². The first-order valence-corrected chi connectivity index (χ1v) is 5.31. The van der Waals surface area contributed by atoms with Crippen LogP contribution in [0.4, 0.5) is 0 Å². The van der Waals surface area contributed by atoms with Crippen LogP contribution in [0.1, 0.15) is 0 Å². The van der Waals surface area contributed by atoms with Crippen molar-refractivity contribution in [2.75, 3.05) is 0 Å². The van der Waals surface area contributed by atoms with Crippen LogP contribution >= 0.6 is 59.4 Å². The van der Waals surface area contributed by atoms with Crippen LogP contribution < -0.4 is 0 Å². The highest BCUT2D eigenvalue weighted by Gasteiger charge is 2.10. The first kappa shape index (κ1) is 9.84. The van der Waals surface area contributed by atoms with Gasteiger partial charge in [-0.25, -0.2) is 0 Å². The second-order valence-corrected chi connectivity index (χ2v) is 4.66. The van der Waals surface area contributed by atoms with Crippen molar-refractivity contribution in [1.82, 2.24) is 0 Å². The van der Waals surface area contributed by atoms with Gasteiger partial charge in [-0.15, -0.1) is 0 Å². The molecule has 0 fully saturated rings. The van der Waals surface area contributed by atoms with Gasteiger partial charge in [0.25, 0.3) is 0 Å².